The molecule has 0 saturated carbocycles. The van der Waals surface area contributed by atoms with Crippen molar-refractivity contribution in [3.05, 3.63) is 28.7 Å². The largest absolute Gasteiger partial charge is 0.493 e. The van der Waals surface area contributed by atoms with Gasteiger partial charge in [-0.25, -0.2) is 0 Å². The molecule has 0 bridgehead atoms. The molecule has 1 aliphatic heterocycles. The normalized spacial score (nSPS) is 14.6. The van der Waals surface area contributed by atoms with E-state index in [1.54, 1.807) is 23.1 Å². The Morgan fingerprint density at radius 1 is 1.29 bits per heavy atom. The molecule has 0 amide bonds. The molecule has 1 saturated heterocycles. The molecule has 0 radical (unpaired) electrons. The number of hydrogen-bond donors (Lipinski definition) is 0. The first-order chi connectivity index (χ1) is 10.3. The third-order valence-electron chi connectivity index (χ3n) is 3.15. The van der Waals surface area contributed by atoms with Crippen LogP contribution in [-0.2, 0) is 0 Å². The number of halogens is 1. The number of aromatic nitrogens is 2. The van der Waals surface area contributed by atoms with Crippen LogP contribution < -0.4 is 9.64 Å². The highest BCUT2D eigenvalue weighted by Gasteiger charge is 2.16. The summed E-state index contributed by atoms with van der Waals surface area (Å²) in [5, 5.41) is 9.58. The zero-order valence-corrected chi connectivity index (χ0v) is 14.7. The molecule has 1 fully saturated rings. The van der Waals surface area contributed by atoms with Crippen LogP contribution in [0.25, 0.3) is 0 Å². The summed E-state index contributed by atoms with van der Waals surface area (Å²) < 4.78 is 7.77. The number of benzene rings is 1. The fourth-order valence-corrected chi connectivity index (χ4v) is 4.30. The molecule has 21 heavy (non-hydrogen) atoms. The van der Waals surface area contributed by atoms with Gasteiger partial charge in [0.1, 0.15) is 5.75 Å². The number of nitrogens with zero attached hydrogens (tertiary/aromatic N) is 3. The van der Waals surface area contributed by atoms with E-state index in [0.717, 1.165) is 38.5 Å². The lowest BCUT2D eigenvalue weighted by Gasteiger charge is -2.10. The topological polar surface area (TPSA) is 38.3 Å². The van der Waals surface area contributed by atoms with Crippen LogP contribution in [0.3, 0.4) is 0 Å². The van der Waals surface area contributed by atoms with E-state index in [4.69, 9.17) is 4.74 Å². The van der Waals surface area contributed by atoms with E-state index >= 15 is 0 Å². The summed E-state index contributed by atoms with van der Waals surface area (Å²) in [6, 6.07) is 7.90. The van der Waals surface area contributed by atoms with Crippen LogP contribution in [0.15, 0.2) is 33.1 Å². The van der Waals surface area contributed by atoms with Crippen molar-refractivity contribution in [2.75, 3.05) is 30.3 Å². The lowest BCUT2D eigenvalue weighted by molar-refractivity contribution is 0.344. The van der Waals surface area contributed by atoms with Crippen LogP contribution in [0.4, 0.5) is 5.13 Å². The summed E-state index contributed by atoms with van der Waals surface area (Å²) in [6.45, 7) is 2.90. The monoisotopic (exact) mass is 385 g/mol. The third-order valence-corrected chi connectivity index (χ3v) is 5.72. The lowest BCUT2D eigenvalue weighted by atomic mass is 10.3. The number of anilines is 1. The summed E-state index contributed by atoms with van der Waals surface area (Å²) in [6.07, 6.45) is 2.53. The van der Waals surface area contributed by atoms with Gasteiger partial charge in [-0.05, 0) is 31.0 Å². The van der Waals surface area contributed by atoms with E-state index in [9.17, 15) is 0 Å². The minimum absolute atomic E-state index is 0.666. The Labute approximate surface area is 141 Å². The van der Waals surface area contributed by atoms with Crippen LogP contribution in [0.5, 0.6) is 5.75 Å². The summed E-state index contributed by atoms with van der Waals surface area (Å²) >= 11 is 6.82. The van der Waals surface area contributed by atoms with Gasteiger partial charge in [0.25, 0.3) is 0 Å². The molecular weight excluding hydrogens is 370 g/mol. The Morgan fingerprint density at radius 2 is 2.14 bits per heavy atom. The second kappa shape index (κ2) is 7.47. The van der Waals surface area contributed by atoms with Crippen molar-refractivity contribution in [1.82, 2.24) is 10.2 Å². The van der Waals surface area contributed by atoms with Crippen molar-refractivity contribution < 1.29 is 4.74 Å². The van der Waals surface area contributed by atoms with Crippen LogP contribution in [-0.4, -0.2) is 35.6 Å². The predicted octanol–water partition coefficient (Wildman–Crippen LogP) is 4.07. The van der Waals surface area contributed by atoms with E-state index < -0.39 is 0 Å². The Bertz CT molecular complexity index is 587. The molecule has 112 valence electrons. The van der Waals surface area contributed by atoms with Gasteiger partial charge in [0.05, 0.1) is 6.61 Å². The third kappa shape index (κ3) is 4.34. The predicted molar refractivity (Wildman–Crippen MR) is 91.7 cm³/mol. The maximum atomic E-state index is 5.71. The second-order valence-corrected chi connectivity index (χ2v) is 7.91. The molecule has 2 heterocycles. The van der Waals surface area contributed by atoms with Crippen molar-refractivity contribution in [2.45, 2.75) is 17.2 Å². The van der Waals surface area contributed by atoms with Crippen LogP contribution in [0, 0.1) is 0 Å². The summed E-state index contributed by atoms with van der Waals surface area (Å²) in [4.78, 5) is 2.32. The molecular formula is C14H16BrN3OS2. The maximum Gasteiger partial charge on any atom is 0.209 e. The second-order valence-electron chi connectivity index (χ2n) is 4.70. The molecule has 0 atom stereocenters. The molecule has 1 aromatic carbocycles. The van der Waals surface area contributed by atoms with Crippen molar-refractivity contribution in [2.24, 2.45) is 0 Å². The molecule has 1 aromatic heterocycles. The SMILES string of the molecule is Brc1cccc(OCCSc2nnc(N3CCCC3)s2)c1. The van der Waals surface area contributed by atoms with Crippen molar-refractivity contribution >= 4 is 44.2 Å². The smallest absolute Gasteiger partial charge is 0.209 e. The molecule has 0 unspecified atom stereocenters. The maximum absolute atomic E-state index is 5.71. The van der Waals surface area contributed by atoms with Gasteiger partial charge in [0.15, 0.2) is 4.34 Å². The fraction of sp³-hybridized carbons (Fsp3) is 0.429. The molecule has 2 aromatic rings. The first-order valence-corrected chi connectivity index (χ1v) is 9.50. The highest BCUT2D eigenvalue weighted by Crippen LogP contribution is 2.29. The Morgan fingerprint density at radius 3 is 2.95 bits per heavy atom. The van der Waals surface area contributed by atoms with Gasteiger partial charge >= 0.3 is 0 Å². The van der Waals surface area contributed by atoms with Crippen LogP contribution in [0.2, 0.25) is 0 Å². The molecule has 0 spiro atoms. The first kappa shape index (κ1) is 15.1. The number of rotatable bonds is 6. The number of thioether (sulfide) groups is 1. The molecule has 0 aliphatic carbocycles. The molecule has 1 aliphatic rings. The Kier molecular flexibility index (Phi) is 5.38. The zero-order valence-electron chi connectivity index (χ0n) is 11.5. The highest BCUT2D eigenvalue weighted by atomic mass is 79.9. The van der Waals surface area contributed by atoms with E-state index in [1.165, 1.54) is 12.8 Å². The molecule has 0 N–H and O–H groups in total. The van der Waals surface area contributed by atoms with Crippen LogP contribution in [0.1, 0.15) is 12.8 Å². The van der Waals surface area contributed by atoms with Gasteiger partial charge in [0.2, 0.25) is 5.13 Å². The molecule has 3 rings (SSSR count). The number of hydrogen-bond acceptors (Lipinski definition) is 6. The fourth-order valence-electron chi connectivity index (χ4n) is 2.14. The van der Waals surface area contributed by atoms with E-state index in [-0.39, 0.29) is 0 Å². The minimum atomic E-state index is 0.666. The van der Waals surface area contributed by atoms with Crippen molar-refractivity contribution in [3.8, 4) is 5.75 Å². The summed E-state index contributed by atoms with van der Waals surface area (Å²) in [7, 11) is 0. The van der Waals surface area contributed by atoms with Gasteiger partial charge in [0, 0.05) is 23.3 Å². The Hall–Kier alpha value is -0.790. The summed E-state index contributed by atoms with van der Waals surface area (Å²) in [5.41, 5.74) is 0. The molecule has 7 heteroatoms. The van der Waals surface area contributed by atoms with Gasteiger partial charge in [-0.3, -0.25) is 0 Å². The standard InChI is InChI=1S/C14H16BrN3OS2/c15-11-4-3-5-12(10-11)19-8-9-20-14-17-16-13(21-14)18-6-1-2-7-18/h3-5,10H,1-2,6-9H2. The number of ether oxygens (including phenoxy) is 1. The van der Waals surface area contributed by atoms with Gasteiger partial charge in [-0.1, -0.05) is 45.1 Å². The quantitative estimate of drug-likeness (QED) is 0.553. The Balaban J connectivity index is 1.43. The van der Waals surface area contributed by atoms with Crippen molar-refractivity contribution in [1.29, 1.82) is 0 Å². The summed E-state index contributed by atoms with van der Waals surface area (Å²) in [5.74, 6) is 1.77. The van der Waals surface area contributed by atoms with Crippen molar-refractivity contribution in [3.63, 3.8) is 0 Å². The van der Waals surface area contributed by atoms with Crippen LogP contribution >= 0.6 is 39.0 Å². The van der Waals surface area contributed by atoms with E-state index in [2.05, 4.69) is 31.0 Å². The van der Waals surface area contributed by atoms with E-state index in [1.807, 2.05) is 24.3 Å². The minimum Gasteiger partial charge on any atom is -0.493 e. The van der Waals surface area contributed by atoms with Gasteiger partial charge < -0.3 is 9.64 Å². The van der Waals surface area contributed by atoms with E-state index in [0.29, 0.717) is 6.61 Å². The average molecular weight is 386 g/mol. The average Bonchev–Trinajstić information content (AvgIpc) is 3.14. The first-order valence-electron chi connectivity index (χ1n) is 6.91. The van der Waals surface area contributed by atoms with Gasteiger partial charge in [-0.2, -0.15) is 0 Å². The zero-order chi connectivity index (χ0) is 14.5. The highest BCUT2D eigenvalue weighted by molar-refractivity contribution is 9.10. The molecule has 4 nitrogen and oxygen atoms in total. The van der Waals surface area contributed by atoms with Gasteiger partial charge in [-0.15, -0.1) is 10.2 Å². The lowest BCUT2D eigenvalue weighted by Crippen LogP contribution is -2.17.